The van der Waals surface area contributed by atoms with Gasteiger partial charge < -0.3 is 0 Å². The van der Waals surface area contributed by atoms with Crippen LogP contribution in [-0.2, 0) is 0 Å². The molecule has 1 aromatic carbocycles. The second-order valence-corrected chi connectivity index (χ2v) is 3.96. The number of rotatable bonds is 0. The van der Waals surface area contributed by atoms with Crippen molar-refractivity contribution in [3.63, 3.8) is 0 Å². The van der Waals surface area contributed by atoms with E-state index in [9.17, 15) is 0 Å². The van der Waals surface area contributed by atoms with Crippen LogP contribution in [0.2, 0.25) is 5.02 Å². The molecule has 0 amide bonds. The van der Waals surface area contributed by atoms with E-state index >= 15 is 0 Å². The van der Waals surface area contributed by atoms with Gasteiger partial charge in [0.1, 0.15) is 0 Å². The zero-order chi connectivity index (χ0) is 9.54. The topological polar surface area (TPSA) is 0 Å². The van der Waals surface area contributed by atoms with Crippen LogP contribution in [0.3, 0.4) is 0 Å². The molecule has 0 bridgehead atoms. The highest BCUT2D eigenvalue weighted by Crippen LogP contribution is 2.21. The van der Waals surface area contributed by atoms with Gasteiger partial charge in [0.05, 0.1) is 0 Å². The van der Waals surface area contributed by atoms with Crippen molar-refractivity contribution in [2.45, 2.75) is 6.42 Å². The average molecular weight is 201 g/mol. The van der Waals surface area contributed by atoms with Crippen molar-refractivity contribution in [2.24, 2.45) is 0 Å². The Kier molecular flexibility index (Phi) is 1.65. The minimum atomic E-state index is 0.846. The SMILES string of the molecule is Clc1cccc2c1=CC1=CCC=CC=21. The first-order chi connectivity index (χ1) is 6.86. The Morgan fingerprint density at radius 1 is 1.21 bits per heavy atom. The van der Waals surface area contributed by atoms with Gasteiger partial charge in [-0.3, -0.25) is 0 Å². The molecule has 0 atom stereocenters. The van der Waals surface area contributed by atoms with Crippen LogP contribution in [0.15, 0.2) is 42.0 Å². The van der Waals surface area contributed by atoms with Gasteiger partial charge in [-0.2, -0.15) is 0 Å². The van der Waals surface area contributed by atoms with Crippen molar-refractivity contribution in [3.8, 4) is 0 Å². The summed E-state index contributed by atoms with van der Waals surface area (Å²) in [6.45, 7) is 0. The predicted molar refractivity (Wildman–Crippen MR) is 60.4 cm³/mol. The van der Waals surface area contributed by atoms with Crippen LogP contribution >= 0.6 is 11.6 Å². The molecule has 0 unspecified atom stereocenters. The van der Waals surface area contributed by atoms with Crippen molar-refractivity contribution in [1.82, 2.24) is 0 Å². The number of benzene rings is 1. The molecule has 0 heterocycles. The van der Waals surface area contributed by atoms with E-state index in [2.05, 4.69) is 30.4 Å². The summed E-state index contributed by atoms with van der Waals surface area (Å²) in [4.78, 5) is 0. The van der Waals surface area contributed by atoms with E-state index in [1.165, 1.54) is 21.6 Å². The lowest BCUT2D eigenvalue weighted by molar-refractivity contribution is 1.35. The van der Waals surface area contributed by atoms with Crippen LogP contribution in [0, 0.1) is 0 Å². The molecule has 1 aromatic rings. The van der Waals surface area contributed by atoms with Gasteiger partial charge >= 0.3 is 0 Å². The van der Waals surface area contributed by atoms with Gasteiger partial charge in [0.15, 0.2) is 0 Å². The molecule has 0 saturated heterocycles. The van der Waals surface area contributed by atoms with E-state index in [-0.39, 0.29) is 0 Å². The molecule has 0 aliphatic heterocycles. The fourth-order valence-electron chi connectivity index (χ4n) is 2.04. The highest BCUT2D eigenvalue weighted by atomic mass is 35.5. The minimum Gasteiger partial charge on any atom is -0.0837 e. The summed E-state index contributed by atoms with van der Waals surface area (Å²) in [6, 6.07) is 6.08. The second-order valence-electron chi connectivity index (χ2n) is 3.56. The fraction of sp³-hybridized carbons (Fsp3) is 0.0769. The quantitative estimate of drug-likeness (QED) is 0.602. The van der Waals surface area contributed by atoms with Crippen LogP contribution in [0.4, 0.5) is 0 Å². The molecule has 68 valence electrons. The lowest BCUT2D eigenvalue weighted by Crippen LogP contribution is -2.23. The van der Waals surface area contributed by atoms with Crippen molar-refractivity contribution in [3.05, 3.63) is 57.5 Å². The summed E-state index contributed by atoms with van der Waals surface area (Å²) in [5.41, 5.74) is 2.63. The lowest BCUT2D eigenvalue weighted by Gasteiger charge is -2.03. The van der Waals surface area contributed by atoms with E-state index in [0.29, 0.717) is 0 Å². The molecular formula is C13H9Cl. The minimum absolute atomic E-state index is 0.846. The van der Waals surface area contributed by atoms with Crippen LogP contribution in [-0.4, -0.2) is 0 Å². The summed E-state index contributed by atoms with van der Waals surface area (Å²) in [5, 5.41) is 3.28. The highest BCUT2D eigenvalue weighted by Gasteiger charge is 2.11. The van der Waals surface area contributed by atoms with Crippen molar-refractivity contribution >= 4 is 23.3 Å². The predicted octanol–water partition coefficient (Wildman–Crippen LogP) is 2.17. The van der Waals surface area contributed by atoms with Gasteiger partial charge in [0.25, 0.3) is 0 Å². The second kappa shape index (κ2) is 2.86. The molecule has 2 aliphatic rings. The van der Waals surface area contributed by atoms with Gasteiger partial charge in [-0.25, -0.2) is 0 Å². The molecular weight excluding hydrogens is 192 g/mol. The van der Waals surface area contributed by atoms with E-state index in [0.717, 1.165) is 11.4 Å². The molecule has 0 aromatic heterocycles. The summed E-state index contributed by atoms with van der Waals surface area (Å²) >= 11 is 6.14. The summed E-state index contributed by atoms with van der Waals surface area (Å²) in [7, 11) is 0. The van der Waals surface area contributed by atoms with Crippen molar-refractivity contribution < 1.29 is 0 Å². The third-order valence-electron chi connectivity index (χ3n) is 2.71. The van der Waals surface area contributed by atoms with Crippen LogP contribution in [0.25, 0.3) is 11.6 Å². The molecule has 0 spiro atoms. The van der Waals surface area contributed by atoms with Crippen LogP contribution in [0.1, 0.15) is 6.42 Å². The number of fused-ring (bicyclic) bond motifs is 2. The number of hydrogen-bond acceptors (Lipinski definition) is 0. The van der Waals surface area contributed by atoms with E-state index < -0.39 is 0 Å². The first kappa shape index (κ1) is 8.07. The third kappa shape index (κ3) is 1.01. The smallest absolute Gasteiger partial charge is 0.0484 e. The summed E-state index contributed by atoms with van der Waals surface area (Å²) in [6.07, 6.45) is 9.82. The Labute approximate surface area is 87.5 Å². The monoisotopic (exact) mass is 200 g/mol. The molecule has 0 N–H and O–H groups in total. The lowest BCUT2D eigenvalue weighted by atomic mass is 10.0. The maximum atomic E-state index is 6.14. The maximum Gasteiger partial charge on any atom is 0.0484 e. The van der Waals surface area contributed by atoms with E-state index in [1.807, 2.05) is 12.1 Å². The Bertz CT molecular complexity index is 574. The Morgan fingerprint density at radius 3 is 3.07 bits per heavy atom. The molecule has 0 saturated carbocycles. The first-order valence-electron chi connectivity index (χ1n) is 4.74. The molecule has 0 nitrogen and oxygen atoms in total. The number of allylic oxidation sites excluding steroid dienone is 4. The molecule has 0 radical (unpaired) electrons. The Balaban J connectivity index is 2.51. The van der Waals surface area contributed by atoms with Crippen molar-refractivity contribution in [1.29, 1.82) is 0 Å². The molecule has 0 fully saturated rings. The first-order valence-corrected chi connectivity index (χ1v) is 5.12. The van der Waals surface area contributed by atoms with Crippen LogP contribution < -0.4 is 10.4 Å². The molecule has 3 rings (SSSR count). The maximum absolute atomic E-state index is 6.14. The standard InChI is InChI=1S/C13H9Cl/c14-13-7-3-6-11-10-5-2-1-4-9(10)8-12(11)13/h2-8H,1H2. The molecule has 2 aliphatic carbocycles. The van der Waals surface area contributed by atoms with Crippen molar-refractivity contribution in [2.75, 3.05) is 0 Å². The van der Waals surface area contributed by atoms with Gasteiger partial charge in [-0.1, -0.05) is 42.0 Å². The van der Waals surface area contributed by atoms with Gasteiger partial charge in [0, 0.05) is 10.2 Å². The summed E-state index contributed by atoms with van der Waals surface area (Å²) < 4.78 is 0. The molecule has 1 heteroatoms. The highest BCUT2D eigenvalue weighted by molar-refractivity contribution is 6.31. The van der Waals surface area contributed by atoms with E-state index in [4.69, 9.17) is 11.6 Å². The largest absolute Gasteiger partial charge is 0.0837 e. The van der Waals surface area contributed by atoms with E-state index in [1.54, 1.807) is 0 Å². The van der Waals surface area contributed by atoms with Gasteiger partial charge in [-0.05, 0) is 34.9 Å². The number of halogens is 1. The van der Waals surface area contributed by atoms with Gasteiger partial charge in [-0.15, -0.1) is 0 Å². The Hall–Kier alpha value is -1.27. The number of hydrogen-bond donors (Lipinski definition) is 0. The van der Waals surface area contributed by atoms with Gasteiger partial charge in [0.2, 0.25) is 0 Å². The average Bonchev–Trinajstić information content (AvgIpc) is 2.59. The third-order valence-corrected chi connectivity index (χ3v) is 3.04. The zero-order valence-electron chi connectivity index (χ0n) is 7.63. The van der Waals surface area contributed by atoms with Crippen LogP contribution in [0.5, 0.6) is 0 Å². The Morgan fingerprint density at radius 2 is 2.14 bits per heavy atom. The fourth-order valence-corrected chi connectivity index (χ4v) is 2.27. The zero-order valence-corrected chi connectivity index (χ0v) is 8.38. The molecule has 14 heavy (non-hydrogen) atoms. The summed E-state index contributed by atoms with van der Waals surface area (Å²) in [5.74, 6) is 0. The normalized spacial score (nSPS) is 17.2.